The Morgan fingerprint density at radius 1 is 1.04 bits per heavy atom. The molecule has 1 amide bonds. The van der Waals surface area contributed by atoms with Gasteiger partial charge < -0.3 is 10.2 Å². The third kappa shape index (κ3) is 5.00. The SMILES string of the molecule is CN(C)Cc1ccccc1CNC(=O)c1csc(Cc2ccccc2)n1. The first-order chi connectivity index (χ1) is 12.6. The molecule has 0 spiro atoms. The van der Waals surface area contributed by atoms with Crippen LogP contribution < -0.4 is 5.32 Å². The minimum absolute atomic E-state index is 0.125. The molecule has 0 bridgehead atoms. The standard InChI is InChI=1S/C21H23N3OS/c1-24(2)14-18-11-7-6-10-17(18)13-22-21(25)19-15-26-20(23-19)12-16-8-4-3-5-9-16/h3-11,15H,12-14H2,1-2H3,(H,22,25). The Hall–Kier alpha value is -2.50. The number of thiazole rings is 1. The van der Waals surface area contributed by atoms with Crippen LogP contribution in [0.1, 0.15) is 32.2 Å². The largest absolute Gasteiger partial charge is 0.347 e. The van der Waals surface area contributed by atoms with E-state index in [4.69, 9.17) is 0 Å². The fourth-order valence-electron chi connectivity index (χ4n) is 2.76. The van der Waals surface area contributed by atoms with Gasteiger partial charge in [-0.3, -0.25) is 4.79 Å². The van der Waals surface area contributed by atoms with Gasteiger partial charge in [-0.1, -0.05) is 54.6 Å². The average molecular weight is 366 g/mol. The third-order valence-electron chi connectivity index (χ3n) is 4.03. The van der Waals surface area contributed by atoms with Crippen LogP contribution in [0.4, 0.5) is 0 Å². The van der Waals surface area contributed by atoms with Gasteiger partial charge in [0.1, 0.15) is 5.69 Å². The molecule has 1 aromatic heterocycles. The fourth-order valence-corrected chi connectivity index (χ4v) is 3.57. The number of nitrogens with one attached hydrogen (secondary N) is 1. The van der Waals surface area contributed by atoms with Crippen LogP contribution in [0.2, 0.25) is 0 Å². The number of hydrogen-bond acceptors (Lipinski definition) is 4. The molecule has 5 heteroatoms. The number of hydrogen-bond donors (Lipinski definition) is 1. The monoisotopic (exact) mass is 365 g/mol. The lowest BCUT2D eigenvalue weighted by Gasteiger charge is -2.14. The van der Waals surface area contributed by atoms with Crippen LogP contribution in [0.15, 0.2) is 60.0 Å². The van der Waals surface area contributed by atoms with Crippen molar-refractivity contribution in [3.05, 3.63) is 87.4 Å². The first-order valence-corrected chi connectivity index (χ1v) is 9.48. The molecule has 0 fully saturated rings. The van der Waals surface area contributed by atoms with Crippen LogP contribution in [0.25, 0.3) is 0 Å². The highest BCUT2D eigenvalue weighted by Gasteiger charge is 2.12. The number of amides is 1. The van der Waals surface area contributed by atoms with Crippen molar-refractivity contribution in [2.75, 3.05) is 14.1 Å². The molecule has 1 N–H and O–H groups in total. The Morgan fingerprint density at radius 2 is 1.73 bits per heavy atom. The molecular formula is C21H23N3OS. The maximum absolute atomic E-state index is 12.4. The number of aromatic nitrogens is 1. The van der Waals surface area contributed by atoms with Crippen molar-refractivity contribution in [1.82, 2.24) is 15.2 Å². The van der Waals surface area contributed by atoms with E-state index in [9.17, 15) is 4.79 Å². The van der Waals surface area contributed by atoms with E-state index in [0.29, 0.717) is 12.2 Å². The number of carbonyl (C=O) groups is 1. The first kappa shape index (κ1) is 18.3. The molecule has 2 aromatic carbocycles. The zero-order valence-corrected chi connectivity index (χ0v) is 15.9. The summed E-state index contributed by atoms with van der Waals surface area (Å²) in [6, 6.07) is 18.4. The molecule has 0 aliphatic rings. The van der Waals surface area contributed by atoms with Gasteiger partial charge in [-0.05, 0) is 30.8 Å². The van der Waals surface area contributed by atoms with Gasteiger partial charge in [0.25, 0.3) is 5.91 Å². The van der Waals surface area contributed by atoms with Gasteiger partial charge in [0.05, 0.1) is 5.01 Å². The molecular weight excluding hydrogens is 342 g/mol. The summed E-state index contributed by atoms with van der Waals surface area (Å²) in [6.45, 7) is 1.36. The highest BCUT2D eigenvalue weighted by molar-refractivity contribution is 7.09. The second kappa shape index (κ2) is 8.74. The second-order valence-electron chi connectivity index (χ2n) is 6.48. The summed E-state index contributed by atoms with van der Waals surface area (Å²) in [4.78, 5) is 19.0. The molecule has 0 aliphatic carbocycles. The molecule has 0 radical (unpaired) electrons. The van der Waals surface area contributed by atoms with E-state index in [-0.39, 0.29) is 5.91 Å². The van der Waals surface area contributed by atoms with Crippen LogP contribution in [0.3, 0.4) is 0 Å². The summed E-state index contributed by atoms with van der Waals surface area (Å²) in [7, 11) is 4.08. The number of rotatable bonds is 7. The van der Waals surface area contributed by atoms with Crippen molar-refractivity contribution in [3.8, 4) is 0 Å². The summed E-state index contributed by atoms with van der Waals surface area (Å²) in [5.74, 6) is -0.125. The minimum Gasteiger partial charge on any atom is -0.347 e. The van der Waals surface area contributed by atoms with Gasteiger partial charge in [0.15, 0.2) is 0 Å². The molecule has 4 nitrogen and oxygen atoms in total. The van der Waals surface area contributed by atoms with Crippen LogP contribution in [0.5, 0.6) is 0 Å². The summed E-state index contributed by atoms with van der Waals surface area (Å²) in [5.41, 5.74) is 4.05. The van der Waals surface area contributed by atoms with Crippen molar-refractivity contribution in [2.24, 2.45) is 0 Å². The van der Waals surface area contributed by atoms with Crippen molar-refractivity contribution < 1.29 is 4.79 Å². The lowest BCUT2D eigenvalue weighted by Crippen LogP contribution is -2.24. The third-order valence-corrected chi connectivity index (χ3v) is 4.88. The Bertz CT molecular complexity index is 858. The Balaban J connectivity index is 1.61. The predicted molar refractivity (Wildman–Crippen MR) is 106 cm³/mol. The second-order valence-corrected chi connectivity index (χ2v) is 7.42. The number of carbonyl (C=O) groups excluding carboxylic acids is 1. The Morgan fingerprint density at radius 3 is 2.46 bits per heavy atom. The molecule has 0 saturated carbocycles. The van der Waals surface area contributed by atoms with Crippen LogP contribution in [0, 0.1) is 0 Å². The van der Waals surface area contributed by atoms with Gasteiger partial charge in [0.2, 0.25) is 0 Å². The van der Waals surface area contributed by atoms with Crippen LogP contribution in [-0.4, -0.2) is 29.9 Å². The molecule has 0 unspecified atom stereocenters. The predicted octanol–water partition coefficient (Wildman–Crippen LogP) is 3.73. The van der Waals surface area contributed by atoms with Gasteiger partial charge in [-0.15, -0.1) is 11.3 Å². The van der Waals surface area contributed by atoms with Crippen molar-refractivity contribution in [3.63, 3.8) is 0 Å². The van der Waals surface area contributed by atoms with Crippen molar-refractivity contribution in [2.45, 2.75) is 19.5 Å². The molecule has 0 atom stereocenters. The minimum atomic E-state index is -0.125. The highest BCUT2D eigenvalue weighted by Crippen LogP contribution is 2.15. The van der Waals surface area contributed by atoms with Gasteiger partial charge in [-0.2, -0.15) is 0 Å². The normalized spacial score (nSPS) is 10.9. The maximum atomic E-state index is 12.4. The molecule has 134 valence electrons. The molecule has 0 aliphatic heterocycles. The summed E-state index contributed by atoms with van der Waals surface area (Å²) in [5, 5.41) is 5.78. The zero-order valence-electron chi connectivity index (χ0n) is 15.1. The summed E-state index contributed by atoms with van der Waals surface area (Å²) >= 11 is 1.53. The molecule has 0 saturated heterocycles. The van der Waals surface area contributed by atoms with E-state index in [1.54, 1.807) is 0 Å². The maximum Gasteiger partial charge on any atom is 0.271 e. The molecule has 26 heavy (non-hydrogen) atoms. The van der Waals surface area contributed by atoms with E-state index in [2.05, 4.69) is 39.5 Å². The lowest BCUT2D eigenvalue weighted by molar-refractivity contribution is 0.0946. The van der Waals surface area contributed by atoms with Crippen molar-refractivity contribution >= 4 is 17.2 Å². The Labute approximate surface area is 158 Å². The lowest BCUT2D eigenvalue weighted by atomic mass is 10.1. The Kier molecular flexibility index (Phi) is 6.15. The van der Waals surface area contributed by atoms with E-state index in [1.807, 2.05) is 49.8 Å². The van der Waals surface area contributed by atoms with E-state index in [0.717, 1.165) is 23.5 Å². The van der Waals surface area contributed by atoms with Gasteiger partial charge >= 0.3 is 0 Å². The van der Waals surface area contributed by atoms with E-state index >= 15 is 0 Å². The summed E-state index contributed by atoms with van der Waals surface area (Å²) in [6.07, 6.45) is 0.754. The van der Waals surface area contributed by atoms with E-state index < -0.39 is 0 Å². The van der Waals surface area contributed by atoms with Gasteiger partial charge in [-0.25, -0.2) is 4.98 Å². The van der Waals surface area contributed by atoms with Gasteiger partial charge in [0, 0.05) is 24.9 Å². The summed E-state index contributed by atoms with van der Waals surface area (Å²) < 4.78 is 0. The molecule has 3 aromatic rings. The van der Waals surface area contributed by atoms with Crippen LogP contribution >= 0.6 is 11.3 Å². The van der Waals surface area contributed by atoms with Crippen LogP contribution in [-0.2, 0) is 19.5 Å². The first-order valence-electron chi connectivity index (χ1n) is 8.60. The number of benzene rings is 2. The molecule has 3 rings (SSSR count). The smallest absolute Gasteiger partial charge is 0.271 e. The fraction of sp³-hybridized carbons (Fsp3) is 0.238. The van der Waals surface area contributed by atoms with Crippen molar-refractivity contribution in [1.29, 1.82) is 0 Å². The average Bonchev–Trinajstić information content (AvgIpc) is 3.10. The quantitative estimate of drug-likeness (QED) is 0.694. The van der Waals surface area contributed by atoms with E-state index in [1.165, 1.54) is 22.5 Å². The molecule has 1 heterocycles. The topological polar surface area (TPSA) is 45.2 Å². The zero-order chi connectivity index (χ0) is 18.4. The number of nitrogens with zero attached hydrogens (tertiary/aromatic N) is 2. The highest BCUT2D eigenvalue weighted by atomic mass is 32.1.